The van der Waals surface area contributed by atoms with E-state index in [1.807, 2.05) is 109 Å². The summed E-state index contributed by atoms with van der Waals surface area (Å²) in [6, 6.07) is 37.8. The fourth-order valence-corrected chi connectivity index (χ4v) is 8.92. The van der Waals surface area contributed by atoms with Gasteiger partial charge in [0.25, 0.3) is 0 Å². The number of ether oxygens (including phenoxy) is 1. The number of benzene rings is 4. The van der Waals surface area contributed by atoms with Gasteiger partial charge in [-0.25, -0.2) is 0 Å². The van der Waals surface area contributed by atoms with Gasteiger partial charge in [-0.05, 0) is 56.4 Å². The molecule has 168 valence electrons. The van der Waals surface area contributed by atoms with E-state index < -0.39 is 6.89 Å². The third-order valence-electron chi connectivity index (χ3n) is 5.72. The molecule has 0 aliphatic heterocycles. The van der Waals surface area contributed by atoms with Gasteiger partial charge in [-0.15, -0.1) is 0 Å². The molecule has 5 heteroatoms. The van der Waals surface area contributed by atoms with E-state index in [9.17, 15) is 10.1 Å². The fourth-order valence-electron chi connectivity index (χ4n) is 4.20. The van der Waals surface area contributed by atoms with E-state index in [-0.39, 0.29) is 12.2 Å². The van der Waals surface area contributed by atoms with E-state index in [1.54, 1.807) is 7.11 Å². The van der Waals surface area contributed by atoms with Crippen molar-refractivity contribution in [3.05, 3.63) is 119 Å². The largest absolute Gasteiger partial charge is 0.496 e. The summed E-state index contributed by atoms with van der Waals surface area (Å²) in [5.74, 6) is 0.518. The SMILES string of the molecule is COc1ccc(CC(=O)C(C#N)=P(c2ccccc2)(c2ccccc2)c2ccccc2)cc1Br. The van der Waals surface area contributed by atoms with Gasteiger partial charge in [0.1, 0.15) is 17.1 Å². The molecule has 0 fully saturated rings. The molecule has 0 N–H and O–H groups in total. The average molecular weight is 528 g/mol. The summed E-state index contributed by atoms with van der Waals surface area (Å²) in [5.41, 5.74) is 0.817. The lowest BCUT2D eigenvalue weighted by Crippen LogP contribution is -2.33. The average Bonchev–Trinajstić information content (AvgIpc) is 2.89. The minimum atomic E-state index is -2.71. The van der Waals surface area contributed by atoms with E-state index >= 15 is 0 Å². The molecule has 0 radical (unpaired) electrons. The van der Waals surface area contributed by atoms with Crippen molar-refractivity contribution in [1.82, 2.24) is 0 Å². The molecule has 4 aromatic carbocycles. The van der Waals surface area contributed by atoms with Gasteiger partial charge in [-0.1, -0.05) is 97.1 Å². The van der Waals surface area contributed by atoms with E-state index in [4.69, 9.17) is 4.74 Å². The zero-order valence-corrected chi connectivity index (χ0v) is 21.2. The number of hydrogen-bond donors (Lipinski definition) is 0. The molecule has 0 saturated carbocycles. The third-order valence-corrected chi connectivity index (χ3v) is 10.6. The van der Waals surface area contributed by atoms with Crippen LogP contribution in [0.5, 0.6) is 5.75 Å². The van der Waals surface area contributed by atoms with E-state index in [2.05, 4.69) is 22.0 Å². The summed E-state index contributed by atoms with van der Waals surface area (Å²) >= 11 is 3.50. The Balaban J connectivity index is 2.03. The number of carbonyl (C=O) groups is 1. The maximum absolute atomic E-state index is 13.9. The molecule has 0 heterocycles. The van der Waals surface area contributed by atoms with Crippen LogP contribution in [0.4, 0.5) is 0 Å². The first-order chi connectivity index (χ1) is 16.6. The Morgan fingerprint density at radius 3 is 1.68 bits per heavy atom. The number of carbonyl (C=O) groups excluding carboxylic acids is 1. The van der Waals surface area contributed by atoms with Crippen LogP contribution in [0.25, 0.3) is 0 Å². The topological polar surface area (TPSA) is 50.1 Å². The van der Waals surface area contributed by atoms with Gasteiger partial charge < -0.3 is 4.74 Å². The number of nitrogens with zero attached hydrogens (tertiary/aromatic N) is 1. The molecule has 0 saturated heterocycles. The number of rotatable bonds is 7. The number of ketones is 1. The van der Waals surface area contributed by atoms with Gasteiger partial charge >= 0.3 is 0 Å². The maximum Gasteiger partial charge on any atom is 0.178 e. The molecule has 0 amide bonds. The summed E-state index contributed by atoms with van der Waals surface area (Å²) in [4.78, 5) is 13.9. The minimum Gasteiger partial charge on any atom is -0.496 e. The monoisotopic (exact) mass is 527 g/mol. The van der Waals surface area contributed by atoms with E-state index in [0.29, 0.717) is 11.0 Å². The van der Waals surface area contributed by atoms with Crippen molar-refractivity contribution in [1.29, 1.82) is 5.26 Å². The second kappa shape index (κ2) is 10.7. The normalized spacial score (nSPS) is 10.9. The van der Waals surface area contributed by atoms with Crippen molar-refractivity contribution < 1.29 is 9.53 Å². The molecule has 0 unspecified atom stereocenters. The van der Waals surface area contributed by atoms with Crippen LogP contribution in [0.1, 0.15) is 5.56 Å². The van der Waals surface area contributed by atoms with Gasteiger partial charge in [-0.3, -0.25) is 4.79 Å². The molecule has 0 spiro atoms. The van der Waals surface area contributed by atoms with E-state index in [1.165, 1.54) is 0 Å². The lowest BCUT2D eigenvalue weighted by molar-refractivity contribution is -0.112. The molecule has 0 atom stereocenters. The van der Waals surface area contributed by atoms with Crippen LogP contribution in [-0.4, -0.2) is 18.2 Å². The standard InChI is InChI=1S/C29H23BrNO2P/c1-33-28-18-17-22(19-26(28)30)20-27(32)29(21-31)34(23-11-5-2-6-12-23,24-13-7-3-8-14-24)25-15-9-4-10-16-25/h2-19H,20H2,1H3. The summed E-state index contributed by atoms with van der Waals surface area (Å²) < 4.78 is 6.09. The molecule has 4 aromatic rings. The van der Waals surface area contributed by atoms with Crippen molar-refractivity contribution in [2.45, 2.75) is 6.42 Å². The quantitative estimate of drug-likeness (QED) is 0.308. The first-order valence-corrected chi connectivity index (χ1v) is 13.4. The highest BCUT2D eigenvalue weighted by atomic mass is 79.9. The van der Waals surface area contributed by atoms with Crippen LogP contribution < -0.4 is 20.7 Å². The van der Waals surface area contributed by atoms with Gasteiger partial charge in [0.05, 0.1) is 11.6 Å². The molecular weight excluding hydrogens is 505 g/mol. The highest BCUT2D eigenvalue weighted by molar-refractivity contribution is 9.10. The van der Waals surface area contributed by atoms with Gasteiger partial charge in [0.15, 0.2) is 5.78 Å². The van der Waals surface area contributed by atoms with E-state index in [0.717, 1.165) is 25.9 Å². The predicted molar refractivity (Wildman–Crippen MR) is 145 cm³/mol. The zero-order chi connectivity index (χ0) is 24.0. The smallest absolute Gasteiger partial charge is 0.178 e. The molecule has 0 aliphatic carbocycles. The molecule has 0 aliphatic rings. The number of methoxy groups -OCH3 is 1. The second-order valence-electron chi connectivity index (χ2n) is 7.71. The number of nitriles is 1. The highest BCUT2D eigenvalue weighted by Crippen LogP contribution is 2.46. The van der Waals surface area contributed by atoms with Crippen LogP contribution in [0, 0.1) is 11.3 Å². The van der Waals surface area contributed by atoms with Crippen molar-refractivity contribution in [3.8, 4) is 11.8 Å². The number of Topliss-reactive ketones (excluding diaryl/α,β-unsaturated/α-hetero) is 1. The Morgan fingerprint density at radius 2 is 1.29 bits per heavy atom. The summed E-state index contributed by atoms with van der Waals surface area (Å²) in [5, 5.41) is 13.8. The van der Waals surface area contributed by atoms with Gasteiger partial charge in [-0.2, -0.15) is 5.26 Å². The lowest BCUT2D eigenvalue weighted by Gasteiger charge is -2.30. The van der Waals surface area contributed by atoms with Gasteiger partial charge in [0, 0.05) is 6.42 Å². The first kappa shape index (κ1) is 23.8. The molecular formula is C29H23BrNO2P. The Bertz CT molecular complexity index is 1290. The molecule has 0 aromatic heterocycles. The van der Waals surface area contributed by atoms with Crippen molar-refractivity contribution in [2.75, 3.05) is 7.11 Å². The summed E-state index contributed by atoms with van der Waals surface area (Å²) in [7, 11) is 1.60. The third kappa shape index (κ3) is 4.50. The second-order valence-corrected chi connectivity index (χ2v) is 11.9. The van der Waals surface area contributed by atoms with Crippen LogP contribution in [-0.2, 0) is 11.2 Å². The Morgan fingerprint density at radius 1 is 0.824 bits per heavy atom. The van der Waals surface area contributed by atoms with Crippen LogP contribution in [0.2, 0.25) is 0 Å². The number of hydrogen-bond acceptors (Lipinski definition) is 3. The zero-order valence-electron chi connectivity index (χ0n) is 18.7. The fraction of sp³-hybridized carbons (Fsp3) is 0.0690. The first-order valence-electron chi connectivity index (χ1n) is 10.8. The van der Waals surface area contributed by atoms with Crippen LogP contribution >= 0.6 is 22.8 Å². The lowest BCUT2D eigenvalue weighted by atomic mass is 10.1. The molecule has 34 heavy (non-hydrogen) atoms. The molecule has 0 bridgehead atoms. The Hall–Kier alpha value is -3.38. The number of halogens is 1. The van der Waals surface area contributed by atoms with Crippen LogP contribution in [0.3, 0.4) is 0 Å². The van der Waals surface area contributed by atoms with Gasteiger partial charge in [0.2, 0.25) is 0 Å². The van der Waals surface area contributed by atoms with Crippen molar-refractivity contribution in [3.63, 3.8) is 0 Å². The Labute approximate surface area is 208 Å². The predicted octanol–water partition coefficient (Wildman–Crippen LogP) is 5.26. The summed E-state index contributed by atoms with van der Waals surface area (Å²) in [6.45, 7) is -2.71. The summed E-state index contributed by atoms with van der Waals surface area (Å²) in [6.07, 6.45) is 0.125. The van der Waals surface area contributed by atoms with Crippen molar-refractivity contribution >= 4 is 49.8 Å². The molecule has 4 rings (SSSR count). The Kier molecular flexibility index (Phi) is 7.48. The maximum atomic E-state index is 13.9. The molecule has 3 nitrogen and oxygen atoms in total. The highest BCUT2D eigenvalue weighted by Gasteiger charge is 2.33. The van der Waals surface area contributed by atoms with Crippen LogP contribution in [0.15, 0.2) is 114 Å². The minimum absolute atomic E-state index is 0.125. The van der Waals surface area contributed by atoms with Crippen molar-refractivity contribution in [2.24, 2.45) is 0 Å².